The molecule has 0 bridgehead atoms. The first-order chi connectivity index (χ1) is 9.85. The summed E-state index contributed by atoms with van der Waals surface area (Å²) in [5.41, 5.74) is 3.69. The fraction of sp³-hybridized carbons (Fsp3) is 0.357. The molecule has 0 aliphatic carbocycles. The maximum atomic E-state index is 8.94. The van der Waals surface area contributed by atoms with Gasteiger partial charge in [0.05, 0.1) is 22.8 Å². The van der Waals surface area contributed by atoms with Gasteiger partial charge in [0.15, 0.2) is 0 Å². The Kier molecular flexibility index (Phi) is 3.90. The van der Waals surface area contributed by atoms with Gasteiger partial charge in [-0.3, -0.25) is 4.90 Å². The number of thiazole rings is 1. The van der Waals surface area contributed by atoms with E-state index in [1.54, 1.807) is 23.6 Å². The molecule has 3 rings (SSSR count). The van der Waals surface area contributed by atoms with Crippen molar-refractivity contribution in [3.05, 3.63) is 40.5 Å². The van der Waals surface area contributed by atoms with Crippen LogP contribution in [0.25, 0.3) is 0 Å². The van der Waals surface area contributed by atoms with Crippen molar-refractivity contribution in [1.29, 1.82) is 5.26 Å². The zero-order valence-electron chi connectivity index (χ0n) is 11.1. The normalized spacial score (nSPS) is 16.1. The third-order valence-electron chi connectivity index (χ3n) is 3.44. The molecule has 6 heteroatoms. The molecule has 1 saturated heterocycles. The van der Waals surface area contributed by atoms with Crippen molar-refractivity contribution < 1.29 is 0 Å². The summed E-state index contributed by atoms with van der Waals surface area (Å²) in [5.74, 6) is 0.900. The van der Waals surface area contributed by atoms with E-state index in [1.807, 2.05) is 11.6 Å². The van der Waals surface area contributed by atoms with Gasteiger partial charge in [0.2, 0.25) is 0 Å². The first-order valence-electron chi connectivity index (χ1n) is 6.55. The number of aromatic nitrogens is 2. The standard InChI is InChI=1S/C14H15N5S/c15-8-12-1-2-16-14(7-12)19-5-3-18(4-6-19)9-13-10-20-11-17-13/h1-2,7,10-11H,3-6,9H2. The molecule has 0 saturated carbocycles. The van der Waals surface area contributed by atoms with Gasteiger partial charge in [-0.2, -0.15) is 5.26 Å². The molecule has 20 heavy (non-hydrogen) atoms. The number of piperazine rings is 1. The summed E-state index contributed by atoms with van der Waals surface area (Å²) in [6, 6.07) is 5.76. The quantitative estimate of drug-likeness (QED) is 0.859. The lowest BCUT2D eigenvalue weighted by atomic mass is 10.2. The lowest BCUT2D eigenvalue weighted by Crippen LogP contribution is -2.46. The van der Waals surface area contributed by atoms with Gasteiger partial charge in [0, 0.05) is 44.3 Å². The van der Waals surface area contributed by atoms with Gasteiger partial charge in [-0.05, 0) is 12.1 Å². The Labute approximate surface area is 122 Å². The van der Waals surface area contributed by atoms with Gasteiger partial charge < -0.3 is 4.90 Å². The largest absolute Gasteiger partial charge is 0.354 e. The third-order valence-corrected chi connectivity index (χ3v) is 4.08. The predicted octanol–water partition coefficient (Wildman–Crippen LogP) is 1.73. The van der Waals surface area contributed by atoms with Crippen molar-refractivity contribution in [2.45, 2.75) is 6.54 Å². The topological polar surface area (TPSA) is 56.1 Å². The lowest BCUT2D eigenvalue weighted by molar-refractivity contribution is 0.247. The summed E-state index contributed by atoms with van der Waals surface area (Å²) in [6.07, 6.45) is 1.70. The van der Waals surface area contributed by atoms with E-state index in [1.165, 1.54) is 0 Å². The highest BCUT2D eigenvalue weighted by molar-refractivity contribution is 7.07. The molecule has 0 spiro atoms. The zero-order valence-corrected chi connectivity index (χ0v) is 11.9. The highest BCUT2D eigenvalue weighted by Crippen LogP contribution is 2.16. The van der Waals surface area contributed by atoms with Crippen LogP contribution >= 0.6 is 11.3 Å². The van der Waals surface area contributed by atoms with E-state index >= 15 is 0 Å². The van der Waals surface area contributed by atoms with Crippen LogP contribution in [0, 0.1) is 11.3 Å². The van der Waals surface area contributed by atoms with Crippen LogP contribution in [0.3, 0.4) is 0 Å². The second-order valence-corrected chi connectivity index (χ2v) is 5.48. The van der Waals surface area contributed by atoms with Gasteiger partial charge >= 0.3 is 0 Å². The second kappa shape index (κ2) is 5.99. The third kappa shape index (κ3) is 2.95. The van der Waals surface area contributed by atoms with Crippen molar-refractivity contribution in [1.82, 2.24) is 14.9 Å². The van der Waals surface area contributed by atoms with Gasteiger partial charge in [-0.1, -0.05) is 0 Å². The van der Waals surface area contributed by atoms with Gasteiger partial charge in [-0.25, -0.2) is 9.97 Å². The van der Waals surface area contributed by atoms with E-state index in [0.717, 1.165) is 44.2 Å². The Morgan fingerprint density at radius 2 is 2.10 bits per heavy atom. The summed E-state index contributed by atoms with van der Waals surface area (Å²) in [6.45, 7) is 4.78. The van der Waals surface area contributed by atoms with Crippen LogP contribution in [0.4, 0.5) is 5.82 Å². The van der Waals surface area contributed by atoms with Crippen LogP contribution in [0.2, 0.25) is 0 Å². The molecule has 3 heterocycles. The van der Waals surface area contributed by atoms with Crippen LogP contribution in [0.5, 0.6) is 0 Å². The van der Waals surface area contributed by atoms with E-state index in [9.17, 15) is 0 Å². The Bertz CT molecular complexity index is 596. The fourth-order valence-corrected chi connectivity index (χ4v) is 2.89. The molecule has 2 aromatic rings. The van der Waals surface area contributed by atoms with Crippen LogP contribution in [-0.2, 0) is 6.54 Å². The van der Waals surface area contributed by atoms with E-state index in [4.69, 9.17) is 5.26 Å². The average molecular weight is 285 g/mol. The Balaban J connectivity index is 1.59. The molecule has 0 atom stereocenters. The Morgan fingerprint density at radius 1 is 1.25 bits per heavy atom. The minimum absolute atomic E-state index is 0.667. The fourth-order valence-electron chi connectivity index (χ4n) is 2.34. The van der Waals surface area contributed by atoms with Crippen LogP contribution in [0.1, 0.15) is 11.3 Å². The van der Waals surface area contributed by atoms with Crippen LogP contribution in [-0.4, -0.2) is 41.0 Å². The molecule has 0 N–H and O–H groups in total. The van der Waals surface area contributed by atoms with Gasteiger partial charge in [-0.15, -0.1) is 11.3 Å². The summed E-state index contributed by atoms with van der Waals surface area (Å²) >= 11 is 1.64. The number of hydrogen-bond donors (Lipinski definition) is 0. The highest BCUT2D eigenvalue weighted by atomic mass is 32.1. The second-order valence-electron chi connectivity index (χ2n) is 4.76. The number of hydrogen-bond acceptors (Lipinski definition) is 6. The molecule has 102 valence electrons. The van der Waals surface area contributed by atoms with Gasteiger partial charge in [0.25, 0.3) is 0 Å². The summed E-state index contributed by atoms with van der Waals surface area (Å²) in [5, 5.41) is 11.0. The molecule has 0 amide bonds. The minimum Gasteiger partial charge on any atom is -0.354 e. The van der Waals surface area contributed by atoms with Crippen molar-refractivity contribution in [3.63, 3.8) is 0 Å². The van der Waals surface area contributed by atoms with E-state index in [-0.39, 0.29) is 0 Å². The number of nitriles is 1. The van der Waals surface area contributed by atoms with Crippen molar-refractivity contribution in [2.24, 2.45) is 0 Å². The molecule has 1 aliphatic rings. The minimum atomic E-state index is 0.667. The van der Waals surface area contributed by atoms with Crippen molar-refractivity contribution in [3.8, 4) is 6.07 Å². The molecule has 1 fully saturated rings. The molecule has 1 aliphatic heterocycles. The van der Waals surface area contributed by atoms with E-state index in [2.05, 4.69) is 31.2 Å². The summed E-state index contributed by atoms with van der Waals surface area (Å²) < 4.78 is 0. The number of anilines is 1. The van der Waals surface area contributed by atoms with E-state index in [0.29, 0.717) is 5.56 Å². The van der Waals surface area contributed by atoms with E-state index < -0.39 is 0 Å². The monoisotopic (exact) mass is 285 g/mol. The first-order valence-corrected chi connectivity index (χ1v) is 7.50. The molecule has 2 aromatic heterocycles. The summed E-state index contributed by atoms with van der Waals surface area (Å²) in [4.78, 5) is 13.3. The van der Waals surface area contributed by atoms with Crippen molar-refractivity contribution >= 4 is 17.2 Å². The lowest BCUT2D eigenvalue weighted by Gasteiger charge is -2.35. The smallest absolute Gasteiger partial charge is 0.129 e. The first kappa shape index (κ1) is 13.0. The molecule has 0 unspecified atom stereocenters. The predicted molar refractivity (Wildman–Crippen MR) is 78.6 cm³/mol. The maximum absolute atomic E-state index is 8.94. The number of pyridine rings is 1. The van der Waals surface area contributed by atoms with Crippen LogP contribution in [0.15, 0.2) is 29.2 Å². The molecule has 5 nitrogen and oxygen atoms in total. The zero-order chi connectivity index (χ0) is 13.8. The molecular weight excluding hydrogens is 270 g/mol. The molecular formula is C14H15N5S. The van der Waals surface area contributed by atoms with Gasteiger partial charge in [0.1, 0.15) is 5.82 Å². The Morgan fingerprint density at radius 3 is 2.80 bits per heavy atom. The summed E-state index contributed by atoms with van der Waals surface area (Å²) in [7, 11) is 0. The number of rotatable bonds is 3. The molecule has 0 radical (unpaired) electrons. The number of nitrogens with zero attached hydrogens (tertiary/aromatic N) is 5. The highest BCUT2D eigenvalue weighted by Gasteiger charge is 2.18. The average Bonchev–Trinajstić information content (AvgIpc) is 3.01. The SMILES string of the molecule is N#Cc1ccnc(N2CCN(Cc3cscn3)CC2)c1. The maximum Gasteiger partial charge on any atom is 0.129 e. The van der Waals surface area contributed by atoms with Crippen molar-refractivity contribution in [2.75, 3.05) is 31.1 Å². The molecule has 0 aromatic carbocycles. The van der Waals surface area contributed by atoms with Crippen LogP contribution < -0.4 is 4.90 Å². The Hall–Kier alpha value is -1.97.